The van der Waals surface area contributed by atoms with Gasteiger partial charge in [0.25, 0.3) is 0 Å². The van der Waals surface area contributed by atoms with Crippen LogP contribution in [0.25, 0.3) is 33.4 Å². The number of para-hydroxylation sites is 1. The summed E-state index contributed by atoms with van der Waals surface area (Å²) in [5.74, 6) is -2.32. The van der Waals surface area contributed by atoms with Crippen LogP contribution in [0.5, 0.6) is 0 Å². The van der Waals surface area contributed by atoms with Gasteiger partial charge < -0.3 is 25.4 Å². The maximum absolute atomic E-state index is 13.2. The van der Waals surface area contributed by atoms with Crippen LogP contribution in [0.1, 0.15) is 27.7 Å². The Morgan fingerprint density at radius 2 is 1.24 bits per heavy atom. The summed E-state index contributed by atoms with van der Waals surface area (Å²) in [7, 11) is 0. The van der Waals surface area contributed by atoms with Gasteiger partial charge in [-0.25, -0.2) is 0 Å². The molecule has 2 aromatic heterocycles. The number of hydrogen-bond donors (Lipinski definition) is 4. The Bertz CT molecular complexity index is 1540. The smallest absolute Gasteiger partial charge is 0.0595 e. The average molecular weight is 991 g/mol. The number of aliphatic hydroxyl groups excluding tert-OH is 4. The fourth-order valence-corrected chi connectivity index (χ4v) is 5.01. The zero-order chi connectivity index (χ0) is 32.2. The van der Waals surface area contributed by atoms with E-state index in [1.54, 1.807) is 52.1 Å². The average Bonchev–Trinajstić information content (AvgIpc) is 3.00. The molecule has 4 N–H and O–H groups in total. The molecule has 0 spiro atoms. The molecule has 5 rings (SSSR count). The molecule has 4 unspecified atom stereocenters. The molecule has 0 fully saturated rings. The van der Waals surface area contributed by atoms with Crippen LogP contribution in [0, 0.1) is 35.6 Å². The monoisotopic (exact) mass is 990 g/mol. The maximum atomic E-state index is 13.2. The number of nitrogens with zero attached hydrogens (tertiary/aromatic N) is 2. The van der Waals surface area contributed by atoms with Gasteiger partial charge in [-0.05, 0) is 56.6 Å². The topological polar surface area (TPSA) is 107 Å². The minimum atomic E-state index is -0.760. The van der Waals surface area contributed by atoms with Crippen LogP contribution in [-0.2, 0) is 42.1 Å². The largest absolute Gasteiger partial charge is 0.393 e. The summed E-state index contributed by atoms with van der Waals surface area (Å²) in [6, 6.07) is 32.9. The molecule has 0 amide bonds. The Kier molecular flexibility index (Phi) is 18.4. The van der Waals surface area contributed by atoms with E-state index in [1.165, 1.54) is 5.39 Å². The minimum absolute atomic E-state index is 0. The first kappa shape index (κ1) is 41.3. The molecule has 0 saturated heterocycles. The molecule has 0 bridgehead atoms. The predicted octanol–water partition coefficient (Wildman–Crippen LogP) is 6.27. The second-order valence-corrected chi connectivity index (χ2v) is 10.5. The Morgan fingerprint density at radius 1 is 0.652 bits per heavy atom. The number of hydrogen-bond acceptors (Lipinski definition) is 6. The summed E-state index contributed by atoms with van der Waals surface area (Å²) < 4.78 is 25.8. The van der Waals surface area contributed by atoms with Gasteiger partial charge in [-0.1, -0.05) is 54.1 Å². The van der Waals surface area contributed by atoms with Crippen molar-refractivity contribution in [1.29, 1.82) is 0 Å². The summed E-state index contributed by atoms with van der Waals surface area (Å²) in [6.45, 7) is 6.20. The molecule has 0 aliphatic heterocycles. The van der Waals surface area contributed by atoms with Gasteiger partial charge in [0.05, 0.1) is 29.9 Å². The van der Waals surface area contributed by atoms with Crippen molar-refractivity contribution in [3.05, 3.63) is 121 Å². The third kappa shape index (κ3) is 12.1. The van der Waals surface area contributed by atoms with Crippen molar-refractivity contribution < 1.29 is 71.3 Å². The van der Waals surface area contributed by atoms with E-state index in [0.717, 1.165) is 28.9 Å². The van der Waals surface area contributed by atoms with E-state index in [1.807, 2.05) is 48.5 Å². The van der Waals surface area contributed by atoms with Crippen molar-refractivity contribution in [3.8, 4) is 22.5 Å². The molecular formula is C36H38F2N2O4Pt2-2. The number of aromatic nitrogens is 2. The Morgan fingerprint density at radius 3 is 1.76 bits per heavy atom. The molecule has 0 aliphatic carbocycles. The summed E-state index contributed by atoms with van der Waals surface area (Å²) in [6.07, 6.45) is -1.49. The molecule has 4 atom stereocenters. The van der Waals surface area contributed by atoms with Crippen molar-refractivity contribution >= 4 is 10.9 Å². The first-order valence-corrected chi connectivity index (χ1v) is 14.3. The standard InChI is InChI=1S/C15H10N.C11H6F2N.C10H22O4.2Pt/c1-2-6-12(7-3-1)15-11-10-13-8-4-5-9-14(13)16-15;12-8-4-5-9(10(13)7-8)11-3-1-2-6-14-11;1-5(11)9(6(2)12)10(7(3)13)8(4)14;;/h1-6,8-11H;1-4,6-7H;5-14H,1-4H3;;/q2*-1;;;. The molecule has 2 heterocycles. The van der Waals surface area contributed by atoms with E-state index in [2.05, 4.69) is 34.2 Å². The molecule has 5 aromatic rings. The zero-order valence-corrected chi connectivity index (χ0v) is 30.3. The van der Waals surface area contributed by atoms with Crippen molar-refractivity contribution in [3.63, 3.8) is 0 Å². The van der Waals surface area contributed by atoms with Crippen molar-refractivity contribution in [1.82, 2.24) is 9.97 Å². The van der Waals surface area contributed by atoms with Crippen LogP contribution >= 0.6 is 0 Å². The van der Waals surface area contributed by atoms with Crippen LogP contribution in [0.2, 0.25) is 0 Å². The molecule has 0 radical (unpaired) electrons. The van der Waals surface area contributed by atoms with Gasteiger partial charge in [0, 0.05) is 71.8 Å². The Balaban J connectivity index is 0.000000339. The summed E-state index contributed by atoms with van der Waals surface area (Å²) in [5, 5.41) is 39.0. The van der Waals surface area contributed by atoms with Gasteiger partial charge in [0.15, 0.2) is 0 Å². The minimum Gasteiger partial charge on any atom is -0.393 e. The third-order valence-corrected chi connectivity index (χ3v) is 7.03. The Labute approximate surface area is 298 Å². The molecule has 0 saturated carbocycles. The van der Waals surface area contributed by atoms with E-state index in [4.69, 9.17) is 0 Å². The van der Waals surface area contributed by atoms with Gasteiger partial charge in [0.1, 0.15) is 0 Å². The summed E-state index contributed by atoms with van der Waals surface area (Å²) in [4.78, 5) is 8.56. The maximum Gasteiger partial charge on any atom is 0.0595 e. The molecule has 0 aliphatic rings. The molecule has 46 heavy (non-hydrogen) atoms. The fourth-order valence-electron chi connectivity index (χ4n) is 5.01. The molecule has 252 valence electrons. The van der Waals surface area contributed by atoms with Gasteiger partial charge in [-0.3, -0.25) is 13.8 Å². The molecule has 10 heteroatoms. The van der Waals surface area contributed by atoms with Gasteiger partial charge >= 0.3 is 0 Å². The van der Waals surface area contributed by atoms with Crippen LogP contribution < -0.4 is 0 Å². The van der Waals surface area contributed by atoms with Crippen LogP contribution in [-0.4, -0.2) is 54.8 Å². The third-order valence-electron chi connectivity index (χ3n) is 7.03. The first-order chi connectivity index (χ1) is 21.0. The van der Waals surface area contributed by atoms with Gasteiger partial charge in [-0.15, -0.1) is 48.0 Å². The van der Waals surface area contributed by atoms with E-state index < -0.39 is 47.9 Å². The van der Waals surface area contributed by atoms with Crippen LogP contribution in [0.3, 0.4) is 0 Å². The van der Waals surface area contributed by atoms with Crippen molar-refractivity contribution in [2.24, 2.45) is 11.8 Å². The molecule has 6 nitrogen and oxygen atoms in total. The van der Waals surface area contributed by atoms with Crippen LogP contribution in [0.15, 0.2) is 97.2 Å². The van der Waals surface area contributed by atoms with E-state index in [0.29, 0.717) is 5.69 Å². The van der Waals surface area contributed by atoms with E-state index in [-0.39, 0.29) is 47.7 Å². The van der Waals surface area contributed by atoms with Crippen LogP contribution in [0.4, 0.5) is 8.78 Å². The number of benzene rings is 3. The number of fused-ring (bicyclic) bond motifs is 1. The van der Waals surface area contributed by atoms with E-state index in [9.17, 15) is 29.2 Å². The van der Waals surface area contributed by atoms with Crippen molar-refractivity contribution in [2.75, 3.05) is 0 Å². The Hall–Kier alpha value is -2.70. The van der Waals surface area contributed by atoms with Gasteiger partial charge in [0.2, 0.25) is 0 Å². The van der Waals surface area contributed by atoms with Crippen molar-refractivity contribution in [2.45, 2.75) is 52.1 Å². The number of rotatable bonds is 7. The quantitative estimate of drug-likeness (QED) is 0.144. The predicted molar refractivity (Wildman–Crippen MR) is 168 cm³/mol. The number of pyridine rings is 2. The first-order valence-electron chi connectivity index (χ1n) is 14.3. The second kappa shape index (κ2) is 20.5. The number of aliphatic hydroxyl groups is 4. The summed E-state index contributed by atoms with van der Waals surface area (Å²) >= 11 is 0. The normalized spacial score (nSPS) is 14.3. The summed E-state index contributed by atoms with van der Waals surface area (Å²) in [5.41, 5.74) is 3.67. The molecule has 3 aromatic carbocycles. The SMILES string of the molecule is CC(O)C(C(C)O)C(C(C)O)C(C)O.Fc1c[c-]c(-c2ccccn2)c(F)c1.[Pt].[Pt].[c-]1ccccc1-c1ccc2ccccc2n1. The van der Waals surface area contributed by atoms with Gasteiger partial charge in [-0.2, -0.15) is 0 Å². The van der Waals surface area contributed by atoms with E-state index >= 15 is 0 Å². The molecular weight excluding hydrogens is 953 g/mol. The number of halogens is 2. The fraction of sp³-hybridized carbons (Fsp3) is 0.278. The second-order valence-electron chi connectivity index (χ2n) is 10.5. The zero-order valence-electron chi connectivity index (χ0n) is 25.8.